The van der Waals surface area contributed by atoms with Crippen LogP contribution >= 0.6 is 15.0 Å². The first-order valence-electron chi connectivity index (χ1n) is 4.61. The molecule has 1 aromatic rings. The lowest BCUT2D eigenvalue weighted by molar-refractivity contribution is -0.131. The fraction of sp³-hybridized carbons (Fsp3) is 0.250. The standard InChI is InChI=1S/C8H11NO7P2/c1-6(10)16-7-2-3-8(9-4-7)17(11,12)5-18(13,14)15/h2-4H,5H2,1H3,(H,11,12)(H2,13,14,15). The van der Waals surface area contributed by atoms with Crippen molar-refractivity contribution in [1.29, 1.82) is 0 Å². The summed E-state index contributed by atoms with van der Waals surface area (Å²) in [6, 6.07) is 2.29. The summed E-state index contributed by atoms with van der Waals surface area (Å²) in [5.41, 5.74) is -0.360. The lowest BCUT2D eigenvalue weighted by atomic mass is 10.5. The van der Waals surface area contributed by atoms with Crippen molar-refractivity contribution in [2.45, 2.75) is 6.92 Å². The molecule has 0 radical (unpaired) electrons. The number of hydrogen-bond acceptors (Lipinski definition) is 5. The Kier molecular flexibility index (Phi) is 4.42. The molecule has 8 nitrogen and oxygen atoms in total. The Bertz CT molecular complexity index is 535. The van der Waals surface area contributed by atoms with Gasteiger partial charge in [-0.1, -0.05) is 0 Å². The maximum Gasteiger partial charge on any atom is 0.335 e. The van der Waals surface area contributed by atoms with Crippen molar-refractivity contribution >= 4 is 26.4 Å². The quantitative estimate of drug-likeness (QED) is 0.523. The molecule has 0 saturated carbocycles. The minimum absolute atomic E-state index is 0.0717. The van der Waals surface area contributed by atoms with Gasteiger partial charge < -0.3 is 19.4 Å². The van der Waals surface area contributed by atoms with E-state index in [9.17, 15) is 18.8 Å². The van der Waals surface area contributed by atoms with Crippen LogP contribution < -0.4 is 10.2 Å². The topological polar surface area (TPSA) is 134 Å². The van der Waals surface area contributed by atoms with E-state index in [0.717, 1.165) is 12.3 Å². The van der Waals surface area contributed by atoms with Crippen LogP contribution in [0.4, 0.5) is 0 Å². The summed E-state index contributed by atoms with van der Waals surface area (Å²) in [6.07, 6.45) is 1.03. The monoisotopic (exact) mass is 295 g/mol. The van der Waals surface area contributed by atoms with Crippen molar-refractivity contribution in [3.05, 3.63) is 18.3 Å². The molecule has 0 aliphatic carbocycles. The van der Waals surface area contributed by atoms with Gasteiger partial charge in [0.05, 0.1) is 6.20 Å². The largest absolute Gasteiger partial charge is 0.425 e. The highest BCUT2D eigenvalue weighted by atomic mass is 31.2. The molecule has 10 heteroatoms. The highest BCUT2D eigenvalue weighted by Crippen LogP contribution is 2.53. The van der Waals surface area contributed by atoms with Gasteiger partial charge in [0, 0.05) is 6.92 Å². The smallest absolute Gasteiger partial charge is 0.335 e. The van der Waals surface area contributed by atoms with Crippen molar-refractivity contribution in [1.82, 2.24) is 4.98 Å². The van der Waals surface area contributed by atoms with Crippen molar-refractivity contribution in [3.8, 4) is 5.75 Å². The number of aromatic nitrogens is 1. The van der Waals surface area contributed by atoms with E-state index < -0.39 is 26.8 Å². The Hall–Kier alpha value is -1.04. The molecule has 18 heavy (non-hydrogen) atoms. The van der Waals surface area contributed by atoms with E-state index in [0.29, 0.717) is 0 Å². The molecule has 3 N–H and O–H groups in total. The van der Waals surface area contributed by atoms with E-state index in [4.69, 9.17) is 9.79 Å². The van der Waals surface area contributed by atoms with Gasteiger partial charge in [0.25, 0.3) is 7.37 Å². The molecular formula is C8H11NO7P2. The lowest BCUT2D eigenvalue weighted by Gasteiger charge is -2.11. The molecule has 0 bridgehead atoms. The van der Waals surface area contributed by atoms with Crippen LogP contribution in [0, 0.1) is 0 Å². The molecule has 1 heterocycles. The Morgan fingerprint density at radius 3 is 2.33 bits per heavy atom. The molecular weight excluding hydrogens is 284 g/mol. The molecule has 1 aromatic heterocycles. The SMILES string of the molecule is CC(=O)Oc1ccc(P(=O)(O)CP(=O)(O)O)nc1. The van der Waals surface area contributed by atoms with Crippen LogP contribution in [0.1, 0.15) is 6.92 Å². The summed E-state index contributed by atoms with van der Waals surface area (Å²) in [7, 11) is -8.86. The van der Waals surface area contributed by atoms with E-state index >= 15 is 0 Å². The average Bonchev–Trinajstić information content (AvgIpc) is 2.13. The maximum atomic E-state index is 11.7. The molecule has 0 aromatic carbocycles. The van der Waals surface area contributed by atoms with Gasteiger partial charge in [-0.05, 0) is 12.1 Å². The lowest BCUT2D eigenvalue weighted by Crippen LogP contribution is -2.12. The summed E-state index contributed by atoms with van der Waals surface area (Å²) in [6.45, 7) is 1.18. The van der Waals surface area contributed by atoms with Gasteiger partial charge in [0.2, 0.25) is 0 Å². The fourth-order valence-corrected chi connectivity index (χ4v) is 4.25. The van der Waals surface area contributed by atoms with Crippen LogP contribution in [0.5, 0.6) is 5.75 Å². The summed E-state index contributed by atoms with van der Waals surface area (Å²) >= 11 is 0. The van der Waals surface area contributed by atoms with Crippen molar-refractivity contribution in [2.24, 2.45) is 0 Å². The van der Waals surface area contributed by atoms with Gasteiger partial charge in [0.1, 0.15) is 17.1 Å². The molecule has 0 fully saturated rings. The van der Waals surface area contributed by atoms with Crippen LogP contribution in [0.15, 0.2) is 18.3 Å². The van der Waals surface area contributed by atoms with E-state index in [2.05, 4.69) is 9.72 Å². The van der Waals surface area contributed by atoms with Crippen LogP contribution in [0.3, 0.4) is 0 Å². The molecule has 0 aliphatic rings. The van der Waals surface area contributed by atoms with Crippen LogP contribution in [0.25, 0.3) is 0 Å². The van der Waals surface area contributed by atoms with Gasteiger partial charge in [-0.25, -0.2) is 4.98 Å². The number of carbonyl (C=O) groups is 1. The molecule has 0 spiro atoms. The number of ether oxygens (including phenoxy) is 1. The third kappa shape index (κ3) is 4.68. The van der Waals surface area contributed by atoms with Gasteiger partial charge in [-0.15, -0.1) is 0 Å². The van der Waals surface area contributed by atoms with Crippen molar-refractivity contribution in [3.63, 3.8) is 0 Å². The Morgan fingerprint density at radius 2 is 1.94 bits per heavy atom. The third-order valence-corrected chi connectivity index (χ3v) is 5.70. The average molecular weight is 295 g/mol. The van der Waals surface area contributed by atoms with Crippen LogP contribution in [-0.4, -0.2) is 31.5 Å². The fourth-order valence-electron chi connectivity index (χ4n) is 1.13. The predicted molar refractivity (Wildman–Crippen MR) is 61.9 cm³/mol. The number of rotatable bonds is 4. The number of pyridine rings is 1. The molecule has 1 rings (SSSR count). The molecule has 1 atom stereocenters. The zero-order valence-electron chi connectivity index (χ0n) is 9.26. The van der Waals surface area contributed by atoms with Gasteiger partial charge in [-0.3, -0.25) is 13.9 Å². The van der Waals surface area contributed by atoms with E-state index in [1.54, 1.807) is 0 Å². The zero-order valence-corrected chi connectivity index (χ0v) is 11.0. The minimum atomic E-state index is -4.63. The van der Waals surface area contributed by atoms with Crippen molar-refractivity contribution < 1.29 is 33.3 Å². The second-order valence-corrected chi connectivity index (χ2v) is 7.78. The summed E-state index contributed by atoms with van der Waals surface area (Å²) in [4.78, 5) is 41.0. The summed E-state index contributed by atoms with van der Waals surface area (Å²) in [5.74, 6) is -1.69. The Balaban J connectivity index is 2.94. The minimum Gasteiger partial charge on any atom is -0.425 e. The number of hydrogen-bond donors (Lipinski definition) is 3. The number of esters is 1. The first-order chi connectivity index (χ1) is 8.10. The summed E-state index contributed by atoms with van der Waals surface area (Å²) in [5, 5.41) is 0. The van der Waals surface area contributed by atoms with Crippen molar-refractivity contribution in [2.75, 3.05) is 5.90 Å². The Morgan fingerprint density at radius 1 is 1.33 bits per heavy atom. The van der Waals surface area contributed by atoms with Gasteiger partial charge in [-0.2, -0.15) is 0 Å². The summed E-state index contributed by atoms with van der Waals surface area (Å²) < 4.78 is 27.0. The van der Waals surface area contributed by atoms with Crippen LogP contribution in [0.2, 0.25) is 0 Å². The Labute approximate surface area is 102 Å². The zero-order chi connectivity index (χ0) is 14.0. The van der Waals surface area contributed by atoms with E-state index in [1.807, 2.05) is 0 Å². The van der Waals surface area contributed by atoms with Gasteiger partial charge >= 0.3 is 13.6 Å². The van der Waals surface area contributed by atoms with Crippen LogP contribution in [-0.2, 0) is 13.9 Å². The normalized spacial score (nSPS) is 14.9. The van der Waals surface area contributed by atoms with E-state index in [-0.39, 0.29) is 11.2 Å². The molecule has 0 aliphatic heterocycles. The maximum absolute atomic E-state index is 11.7. The second kappa shape index (κ2) is 5.30. The highest BCUT2D eigenvalue weighted by Gasteiger charge is 2.32. The number of carbonyl (C=O) groups excluding carboxylic acids is 1. The first kappa shape index (κ1) is 15.0. The molecule has 0 amide bonds. The van der Waals surface area contributed by atoms with Gasteiger partial charge in [0.15, 0.2) is 0 Å². The third-order valence-electron chi connectivity index (χ3n) is 1.72. The second-order valence-electron chi connectivity index (χ2n) is 3.45. The molecule has 0 saturated heterocycles. The predicted octanol–water partition coefficient (Wildman–Crippen LogP) is 0.0378. The molecule has 1 unspecified atom stereocenters. The molecule has 100 valence electrons. The van der Waals surface area contributed by atoms with E-state index in [1.165, 1.54) is 13.0 Å². The highest BCUT2D eigenvalue weighted by molar-refractivity contribution is 7.77. The number of nitrogens with zero attached hydrogens (tertiary/aromatic N) is 1. The first-order valence-corrected chi connectivity index (χ1v) is 8.26.